The maximum Gasteiger partial charge on any atom is 0.259 e. The first-order chi connectivity index (χ1) is 11.5. The van der Waals surface area contributed by atoms with Gasteiger partial charge in [0.05, 0.1) is 15.9 Å². The minimum Gasteiger partial charge on any atom is -0.506 e. The number of hydrogen-bond donors (Lipinski definition) is 2. The van der Waals surface area contributed by atoms with Gasteiger partial charge in [0.25, 0.3) is 5.56 Å². The number of allylic oxidation sites excluding steroid dienone is 1. The lowest BCUT2D eigenvalue weighted by atomic mass is 10.1. The number of fused-ring (bicyclic) bond motifs is 1. The number of nitriles is 1. The third-order valence-electron chi connectivity index (χ3n) is 3.38. The van der Waals surface area contributed by atoms with Gasteiger partial charge in [0, 0.05) is 10.6 Å². The third-order valence-corrected chi connectivity index (χ3v) is 3.93. The predicted octanol–water partition coefficient (Wildman–Crippen LogP) is 4.18. The molecule has 3 rings (SSSR count). The Labute approximate surface area is 146 Å². The lowest BCUT2D eigenvalue weighted by Crippen LogP contribution is -2.11. The number of H-pyrrole nitrogens is 1. The van der Waals surface area contributed by atoms with Crippen LogP contribution in [0.4, 0.5) is 0 Å². The summed E-state index contributed by atoms with van der Waals surface area (Å²) < 4.78 is 0. The highest BCUT2D eigenvalue weighted by Crippen LogP contribution is 2.29. The van der Waals surface area contributed by atoms with Gasteiger partial charge in [-0.15, -0.1) is 0 Å². The van der Waals surface area contributed by atoms with Gasteiger partial charge in [-0.1, -0.05) is 35.3 Å². The molecule has 0 aliphatic carbocycles. The number of aromatic amines is 1. The molecule has 7 heteroatoms. The molecule has 118 valence electrons. The van der Waals surface area contributed by atoms with E-state index in [0.717, 1.165) is 0 Å². The van der Waals surface area contributed by atoms with Gasteiger partial charge >= 0.3 is 0 Å². The fourth-order valence-corrected chi connectivity index (χ4v) is 2.74. The normalized spacial score (nSPS) is 11.9. The standard InChI is InChI=1S/C17H9Cl2N3O2/c18-9-5-6-10(13(19)7-9)15(23)12(8-20)16-21-14-4-2-1-3-11(14)17(24)22-16/h1-7,23H,(H,21,22,24). The second kappa shape index (κ2) is 6.36. The number of halogens is 2. The molecule has 0 bridgehead atoms. The Morgan fingerprint density at radius 2 is 1.96 bits per heavy atom. The first-order valence-electron chi connectivity index (χ1n) is 6.79. The van der Waals surface area contributed by atoms with Gasteiger partial charge in [0.1, 0.15) is 17.4 Å². The number of hydrogen-bond acceptors (Lipinski definition) is 4. The average Bonchev–Trinajstić information content (AvgIpc) is 2.55. The Morgan fingerprint density at radius 3 is 2.67 bits per heavy atom. The van der Waals surface area contributed by atoms with Gasteiger partial charge < -0.3 is 10.1 Å². The molecule has 0 unspecified atom stereocenters. The number of nitrogens with one attached hydrogen (secondary N) is 1. The smallest absolute Gasteiger partial charge is 0.259 e. The second-order valence-corrected chi connectivity index (χ2v) is 5.73. The zero-order valence-corrected chi connectivity index (χ0v) is 13.6. The van der Waals surface area contributed by atoms with Crippen LogP contribution < -0.4 is 5.56 Å². The highest BCUT2D eigenvalue weighted by molar-refractivity contribution is 6.35. The monoisotopic (exact) mass is 357 g/mol. The minimum atomic E-state index is -0.404. The van der Waals surface area contributed by atoms with Crippen molar-refractivity contribution in [3.63, 3.8) is 0 Å². The van der Waals surface area contributed by atoms with Gasteiger partial charge in [-0.3, -0.25) is 4.79 Å². The van der Waals surface area contributed by atoms with E-state index in [-0.39, 0.29) is 22.0 Å². The molecule has 0 spiro atoms. The zero-order valence-electron chi connectivity index (χ0n) is 12.0. The largest absolute Gasteiger partial charge is 0.506 e. The van der Waals surface area contributed by atoms with E-state index in [1.807, 2.05) is 6.07 Å². The summed E-state index contributed by atoms with van der Waals surface area (Å²) in [4.78, 5) is 18.9. The first-order valence-corrected chi connectivity index (χ1v) is 7.55. The van der Waals surface area contributed by atoms with Crippen molar-refractivity contribution in [2.75, 3.05) is 0 Å². The van der Waals surface area contributed by atoms with Crippen molar-refractivity contribution < 1.29 is 5.11 Å². The summed E-state index contributed by atoms with van der Waals surface area (Å²) in [6.45, 7) is 0. The van der Waals surface area contributed by atoms with Crippen LogP contribution in [0.15, 0.2) is 47.3 Å². The van der Waals surface area contributed by atoms with Crippen LogP contribution in [0.2, 0.25) is 10.0 Å². The Hall–Kier alpha value is -2.81. The molecule has 0 aliphatic rings. The molecule has 1 heterocycles. The molecule has 3 aromatic rings. The summed E-state index contributed by atoms with van der Waals surface area (Å²) in [5.41, 5.74) is 0.0351. The van der Waals surface area contributed by atoms with Gasteiger partial charge in [-0.2, -0.15) is 5.26 Å². The van der Waals surface area contributed by atoms with Crippen LogP contribution in [0.5, 0.6) is 0 Å². The van der Waals surface area contributed by atoms with E-state index in [0.29, 0.717) is 15.9 Å². The fourth-order valence-electron chi connectivity index (χ4n) is 2.24. The molecular formula is C17H9Cl2N3O2. The molecule has 0 amide bonds. The van der Waals surface area contributed by atoms with Crippen LogP contribution >= 0.6 is 23.2 Å². The van der Waals surface area contributed by atoms with Gasteiger partial charge in [0.2, 0.25) is 0 Å². The topological polar surface area (TPSA) is 89.8 Å². The number of aromatic nitrogens is 2. The molecule has 24 heavy (non-hydrogen) atoms. The number of nitrogens with zero attached hydrogens (tertiary/aromatic N) is 2. The summed E-state index contributed by atoms with van der Waals surface area (Å²) in [7, 11) is 0. The molecule has 5 nitrogen and oxygen atoms in total. The molecule has 0 fully saturated rings. The zero-order chi connectivity index (χ0) is 17.3. The van der Waals surface area contributed by atoms with Crippen LogP contribution in [0.1, 0.15) is 11.4 Å². The first kappa shape index (κ1) is 16.1. The Kier molecular flexibility index (Phi) is 4.26. The number of para-hydroxylation sites is 1. The van der Waals surface area contributed by atoms with Crippen LogP contribution in [0, 0.1) is 11.3 Å². The molecule has 2 aromatic carbocycles. The highest BCUT2D eigenvalue weighted by atomic mass is 35.5. The maximum atomic E-state index is 12.1. The van der Waals surface area contributed by atoms with Crippen LogP contribution in [0.3, 0.4) is 0 Å². The molecular weight excluding hydrogens is 349 g/mol. The summed E-state index contributed by atoms with van der Waals surface area (Å²) in [6, 6.07) is 13.0. The fraction of sp³-hybridized carbons (Fsp3) is 0. The van der Waals surface area contributed by atoms with E-state index < -0.39 is 11.3 Å². The van der Waals surface area contributed by atoms with Gasteiger partial charge in [0.15, 0.2) is 5.82 Å². The molecule has 0 radical (unpaired) electrons. The molecule has 0 aliphatic heterocycles. The van der Waals surface area contributed by atoms with Crippen molar-refractivity contribution in [2.45, 2.75) is 0 Å². The van der Waals surface area contributed by atoms with E-state index in [9.17, 15) is 15.2 Å². The van der Waals surface area contributed by atoms with E-state index in [4.69, 9.17) is 23.2 Å². The van der Waals surface area contributed by atoms with Crippen molar-refractivity contribution in [3.8, 4) is 6.07 Å². The van der Waals surface area contributed by atoms with Crippen LogP contribution in [0.25, 0.3) is 22.2 Å². The van der Waals surface area contributed by atoms with Crippen molar-refractivity contribution in [3.05, 3.63) is 74.3 Å². The number of aliphatic hydroxyl groups excluding tert-OH is 1. The maximum absolute atomic E-state index is 12.1. The average molecular weight is 358 g/mol. The Bertz CT molecular complexity index is 1080. The van der Waals surface area contributed by atoms with E-state index in [2.05, 4.69) is 9.97 Å². The number of aliphatic hydroxyl groups is 1. The van der Waals surface area contributed by atoms with Crippen molar-refractivity contribution in [2.24, 2.45) is 0 Å². The van der Waals surface area contributed by atoms with E-state index >= 15 is 0 Å². The summed E-state index contributed by atoms with van der Waals surface area (Å²) in [6.07, 6.45) is 0. The Balaban J connectivity index is 2.25. The lowest BCUT2D eigenvalue weighted by molar-refractivity contribution is 0.514. The van der Waals surface area contributed by atoms with Crippen molar-refractivity contribution in [1.82, 2.24) is 9.97 Å². The number of rotatable bonds is 2. The molecule has 0 saturated heterocycles. The molecule has 1 aromatic heterocycles. The van der Waals surface area contributed by atoms with E-state index in [1.165, 1.54) is 18.2 Å². The SMILES string of the molecule is N#CC(=C(O)c1ccc(Cl)cc1Cl)c1nc2ccccc2c(=O)[nH]1. The quantitative estimate of drug-likeness (QED) is 0.531. The summed E-state index contributed by atoms with van der Waals surface area (Å²) in [5, 5.41) is 20.8. The summed E-state index contributed by atoms with van der Waals surface area (Å²) in [5.74, 6) is -0.428. The molecule has 2 N–H and O–H groups in total. The van der Waals surface area contributed by atoms with Crippen molar-refractivity contribution >= 4 is 45.4 Å². The number of benzene rings is 2. The molecule has 0 atom stereocenters. The van der Waals surface area contributed by atoms with Crippen LogP contribution in [-0.4, -0.2) is 15.1 Å². The Morgan fingerprint density at radius 1 is 1.21 bits per heavy atom. The highest BCUT2D eigenvalue weighted by Gasteiger charge is 2.16. The van der Waals surface area contributed by atoms with Gasteiger partial charge in [-0.25, -0.2) is 4.98 Å². The van der Waals surface area contributed by atoms with E-state index in [1.54, 1.807) is 24.3 Å². The second-order valence-electron chi connectivity index (χ2n) is 4.89. The van der Waals surface area contributed by atoms with Gasteiger partial charge in [-0.05, 0) is 30.3 Å². The van der Waals surface area contributed by atoms with Crippen LogP contribution in [-0.2, 0) is 0 Å². The molecule has 0 saturated carbocycles. The predicted molar refractivity (Wildman–Crippen MR) is 93.9 cm³/mol. The summed E-state index contributed by atoms with van der Waals surface area (Å²) >= 11 is 11.9. The lowest BCUT2D eigenvalue weighted by Gasteiger charge is -2.07. The van der Waals surface area contributed by atoms with Crippen molar-refractivity contribution in [1.29, 1.82) is 5.26 Å². The third kappa shape index (κ3) is 2.85. The minimum absolute atomic E-state index is 0.0373.